The van der Waals surface area contributed by atoms with Gasteiger partial charge < -0.3 is 19.4 Å². The van der Waals surface area contributed by atoms with Gasteiger partial charge in [-0.3, -0.25) is 4.79 Å². The molecule has 1 aromatic heterocycles. The van der Waals surface area contributed by atoms with E-state index in [1.165, 1.54) is 0 Å². The highest BCUT2D eigenvalue weighted by molar-refractivity contribution is 7.98. The molecule has 1 unspecified atom stereocenters. The first kappa shape index (κ1) is 22.1. The minimum absolute atomic E-state index is 0.135. The summed E-state index contributed by atoms with van der Waals surface area (Å²) in [6, 6.07) is 7.17. The topological polar surface area (TPSA) is 78.3 Å². The number of benzene rings is 1. The lowest BCUT2D eigenvalue weighted by molar-refractivity contribution is -0.127. The van der Waals surface area contributed by atoms with E-state index in [1.54, 1.807) is 50.1 Å². The number of methoxy groups -OCH3 is 1. The van der Waals surface area contributed by atoms with Crippen molar-refractivity contribution < 1.29 is 14.3 Å². The van der Waals surface area contributed by atoms with Crippen LogP contribution in [-0.4, -0.2) is 46.7 Å². The molecule has 8 heteroatoms. The molecule has 0 spiro atoms. The molecular weight excluding hydrogens is 376 g/mol. The Morgan fingerprint density at radius 3 is 2.46 bits per heavy atom. The summed E-state index contributed by atoms with van der Waals surface area (Å²) in [5, 5.41) is 12.4. The Morgan fingerprint density at radius 2 is 1.86 bits per heavy atom. The van der Waals surface area contributed by atoms with Gasteiger partial charge in [-0.2, -0.15) is 0 Å². The molecule has 0 fully saturated rings. The van der Waals surface area contributed by atoms with Gasteiger partial charge in [0.05, 0.1) is 7.11 Å². The van der Waals surface area contributed by atoms with Crippen LogP contribution >= 0.6 is 11.8 Å². The molecule has 1 N–H and O–H groups in total. The molecule has 0 aliphatic carbocycles. The molecule has 0 radical (unpaired) electrons. The number of aryl methyl sites for hydroxylation is 1. The molecule has 1 aromatic carbocycles. The van der Waals surface area contributed by atoms with Crippen molar-refractivity contribution >= 4 is 17.7 Å². The van der Waals surface area contributed by atoms with E-state index in [9.17, 15) is 4.79 Å². The molecular formula is C20H30N4O3S. The maximum atomic E-state index is 12.2. The maximum absolute atomic E-state index is 12.2. The number of thioether (sulfide) groups is 1. The normalized spacial score (nSPS) is 12.1. The first-order valence-corrected chi connectivity index (χ1v) is 10.7. The zero-order valence-electron chi connectivity index (χ0n) is 17.3. The van der Waals surface area contributed by atoms with Gasteiger partial charge in [0.25, 0.3) is 5.91 Å². The minimum atomic E-state index is -0.568. The van der Waals surface area contributed by atoms with E-state index in [0.717, 1.165) is 36.1 Å². The number of hydrogen-bond acceptors (Lipinski definition) is 6. The van der Waals surface area contributed by atoms with Gasteiger partial charge in [0, 0.05) is 19.5 Å². The number of carbonyl (C=O) groups is 1. The van der Waals surface area contributed by atoms with Gasteiger partial charge in [-0.05, 0) is 49.8 Å². The van der Waals surface area contributed by atoms with Crippen molar-refractivity contribution in [2.75, 3.05) is 19.9 Å². The summed E-state index contributed by atoms with van der Waals surface area (Å²) in [7, 11) is 1.61. The fraction of sp³-hybridized carbons (Fsp3) is 0.550. The molecule has 0 saturated heterocycles. The summed E-state index contributed by atoms with van der Waals surface area (Å²) in [5.41, 5.74) is 0. The molecule has 7 nitrogen and oxygen atoms in total. The molecule has 154 valence electrons. The Labute approximate surface area is 171 Å². The molecule has 2 rings (SSSR count). The predicted octanol–water partition coefficient (Wildman–Crippen LogP) is 3.18. The number of aromatic nitrogens is 3. The molecule has 1 atom stereocenters. The fourth-order valence-electron chi connectivity index (χ4n) is 2.72. The van der Waals surface area contributed by atoms with Crippen LogP contribution in [0, 0.1) is 5.92 Å². The zero-order chi connectivity index (χ0) is 20.5. The number of amides is 1. The Bertz CT molecular complexity index is 746. The highest BCUT2D eigenvalue weighted by Gasteiger charge is 2.15. The molecule has 0 aliphatic rings. The zero-order valence-corrected chi connectivity index (χ0v) is 18.1. The Kier molecular flexibility index (Phi) is 8.63. The third-order valence-electron chi connectivity index (χ3n) is 4.14. The Balaban J connectivity index is 1.78. The van der Waals surface area contributed by atoms with Crippen LogP contribution in [-0.2, 0) is 17.8 Å². The number of rotatable bonds is 11. The summed E-state index contributed by atoms with van der Waals surface area (Å²) in [5.74, 6) is 2.74. The highest BCUT2D eigenvalue weighted by Crippen LogP contribution is 2.18. The van der Waals surface area contributed by atoms with Crippen molar-refractivity contribution in [3.05, 3.63) is 30.1 Å². The predicted molar refractivity (Wildman–Crippen MR) is 111 cm³/mol. The van der Waals surface area contributed by atoms with Crippen molar-refractivity contribution in [2.45, 2.75) is 51.4 Å². The van der Waals surface area contributed by atoms with E-state index in [2.05, 4.69) is 33.9 Å². The molecule has 2 aromatic rings. The summed E-state index contributed by atoms with van der Waals surface area (Å²) in [6.45, 7) is 7.57. The monoisotopic (exact) mass is 406 g/mol. The summed E-state index contributed by atoms with van der Waals surface area (Å²) < 4.78 is 13.0. The van der Waals surface area contributed by atoms with E-state index in [-0.39, 0.29) is 5.91 Å². The van der Waals surface area contributed by atoms with Crippen LogP contribution in [0.4, 0.5) is 0 Å². The lowest BCUT2D eigenvalue weighted by atomic mass is 10.2. The number of carbonyl (C=O) groups excluding carboxylic acids is 1. The number of hydrogen-bond donors (Lipinski definition) is 1. The third kappa shape index (κ3) is 6.44. The van der Waals surface area contributed by atoms with E-state index >= 15 is 0 Å². The first-order chi connectivity index (χ1) is 13.4. The Hall–Kier alpha value is -2.22. The molecule has 0 bridgehead atoms. The second-order valence-corrected chi connectivity index (χ2v) is 7.71. The van der Waals surface area contributed by atoms with Crippen LogP contribution in [0.3, 0.4) is 0 Å². The van der Waals surface area contributed by atoms with Crippen molar-refractivity contribution in [1.29, 1.82) is 0 Å². The average molecular weight is 407 g/mol. The van der Waals surface area contributed by atoms with E-state index in [0.29, 0.717) is 18.2 Å². The average Bonchev–Trinajstić information content (AvgIpc) is 3.06. The highest BCUT2D eigenvalue weighted by atomic mass is 32.2. The van der Waals surface area contributed by atoms with Crippen LogP contribution in [0.1, 0.15) is 33.0 Å². The smallest absolute Gasteiger partial charge is 0.260 e. The molecule has 1 amide bonds. The van der Waals surface area contributed by atoms with Gasteiger partial charge in [0.15, 0.2) is 11.3 Å². The van der Waals surface area contributed by atoms with Crippen LogP contribution in [0.2, 0.25) is 0 Å². The number of nitrogens with one attached hydrogen (secondary N) is 1. The molecule has 1 heterocycles. The quantitative estimate of drug-likeness (QED) is 0.456. The molecule has 0 aliphatic heterocycles. The summed E-state index contributed by atoms with van der Waals surface area (Å²) in [6.07, 6.45) is 3.01. The number of ether oxygens (including phenoxy) is 2. The van der Waals surface area contributed by atoms with Crippen molar-refractivity contribution in [2.24, 2.45) is 5.92 Å². The van der Waals surface area contributed by atoms with Gasteiger partial charge >= 0.3 is 0 Å². The second kappa shape index (κ2) is 10.9. The lowest BCUT2D eigenvalue weighted by Gasteiger charge is -2.15. The minimum Gasteiger partial charge on any atom is -0.497 e. The van der Waals surface area contributed by atoms with E-state index in [1.807, 2.05) is 6.26 Å². The van der Waals surface area contributed by atoms with Crippen LogP contribution in [0.5, 0.6) is 11.5 Å². The summed E-state index contributed by atoms with van der Waals surface area (Å²) >= 11 is 1.60. The van der Waals surface area contributed by atoms with Gasteiger partial charge in [-0.15, -0.1) is 10.2 Å². The molecule has 28 heavy (non-hydrogen) atoms. The second-order valence-electron chi connectivity index (χ2n) is 6.94. The lowest BCUT2D eigenvalue weighted by Crippen LogP contribution is -2.37. The third-order valence-corrected chi connectivity index (χ3v) is 4.81. The van der Waals surface area contributed by atoms with Gasteiger partial charge in [0.1, 0.15) is 17.3 Å². The van der Waals surface area contributed by atoms with Crippen molar-refractivity contribution in [3.8, 4) is 11.5 Å². The Morgan fingerprint density at radius 1 is 1.18 bits per heavy atom. The van der Waals surface area contributed by atoms with Crippen LogP contribution < -0.4 is 14.8 Å². The maximum Gasteiger partial charge on any atom is 0.260 e. The van der Waals surface area contributed by atoms with Crippen LogP contribution in [0.25, 0.3) is 0 Å². The number of nitrogens with zero attached hydrogens (tertiary/aromatic N) is 3. The largest absolute Gasteiger partial charge is 0.497 e. The van der Waals surface area contributed by atoms with E-state index < -0.39 is 6.10 Å². The van der Waals surface area contributed by atoms with E-state index in [4.69, 9.17) is 9.47 Å². The first-order valence-electron chi connectivity index (χ1n) is 9.49. The van der Waals surface area contributed by atoms with Gasteiger partial charge in [0.2, 0.25) is 0 Å². The SMILES string of the molecule is COc1ccc(OC(C)C(=O)NCCCc2nnc(SC)n2CC(C)C)cc1. The van der Waals surface area contributed by atoms with Crippen molar-refractivity contribution in [3.63, 3.8) is 0 Å². The summed E-state index contributed by atoms with van der Waals surface area (Å²) in [4.78, 5) is 12.2. The van der Waals surface area contributed by atoms with Gasteiger partial charge in [-0.25, -0.2) is 0 Å². The van der Waals surface area contributed by atoms with Crippen LogP contribution in [0.15, 0.2) is 29.4 Å². The molecule has 0 saturated carbocycles. The van der Waals surface area contributed by atoms with Crippen molar-refractivity contribution in [1.82, 2.24) is 20.1 Å². The van der Waals surface area contributed by atoms with Gasteiger partial charge in [-0.1, -0.05) is 25.6 Å². The fourth-order valence-corrected chi connectivity index (χ4v) is 3.24. The standard InChI is InChI=1S/C20H30N4O3S/c1-14(2)13-24-18(22-23-20(24)28-5)7-6-12-21-19(25)15(3)27-17-10-8-16(26-4)9-11-17/h8-11,14-15H,6-7,12-13H2,1-5H3,(H,21,25).